The van der Waals surface area contributed by atoms with Crippen molar-refractivity contribution in [1.82, 2.24) is 4.90 Å². The quantitative estimate of drug-likeness (QED) is 0.458. The third-order valence-corrected chi connectivity index (χ3v) is 5.60. The highest BCUT2D eigenvalue weighted by molar-refractivity contribution is 6.21. The molecule has 2 atom stereocenters. The second-order valence-electron chi connectivity index (χ2n) is 7.29. The van der Waals surface area contributed by atoms with Crippen molar-refractivity contribution in [3.63, 3.8) is 0 Å². The predicted molar refractivity (Wildman–Crippen MR) is 104 cm³/mol. The third-order valence-electron chi connectivity index (χ3n) is 5.60. The van der Waals surface area contributed by atoms with Gasteiger partial charge in [0.2, 0.25) is 0 Å². The van der Waals surface area contributed by atoms with Crippen LogP contribution < -0.4 is 9.64 Å². The number of nitrogens with one attached hydrogen (secondary N) is 1. The molecule has 2 aliphatic heterocycles. The number of nitro groups is 1. The highest BCUT2D eigenvalue weighted by atomic mass is 16.6. The van der Waals surface area contributed by atoms with Crippen molar-refractivity contribution in [3.8, 4) is 5.75 Å². The number of hydrogen-bond acceptors (Lipinski definition) is 5. The molecule has 1 unspecified atom stereocenters. The Hall–Kier alpha value is -3.26. The Morgan fingerprint density at radius 1 is 1.14 bits per heavy atom. The first-order valence-corrected chi connectivity index (χ1v) is 9.71. The first-order chi connectivity index (χ1) is 14.0. The van der Waals surface area contributed by atoms with E-state index in [1.54, 1.807) is 0 Å². The van der Waals surface area contributed by atoms with Crippen molar-refractivity contribution >= 4 is 17.5 Å². The van der Waals surface area contributed by atoms with E-state index in [1.165, 1.54) is 23.1 Å². The first kappa shape index (κ1) is 19.1. The van der Waals surface area contributed by atoms with Crippen LogP contribution in [0.4, 0.5) is 5.69 Å². The van der Waals surface area contributed by atoms with Gasteiger partial charge in [-0.15, -0.1) is 0 Å². The lowest BCUT2D eigenvalue weighted by Gasteiger charge is -2.25. The van der Waals surface area contributed by atoms with Gasteiger partial charge in [-0.05, 0) is 37.3 Å². The van der Waals surface area contributed by atoms with Gasteiger partial charge < -0.3 is 9.64 Å². The Kier molecular flexibility index (Phi) is 5.02. The fraction of sp³-hybridized carbons (Fsp3) is 0.333. The van der Waals surface area contributed by atoms with Crippen LogP contribution in [0.15, 0.2) is 42.5 Å². The van der Waals surface area contributed by atoms with E-state index in [1.807, 2.05) is 31.2 Å². The maximum Gasteiger partial charge on any atom is 0.270 e. The molecular weight excluding hydrogens is 374 g/mol. The summed E-state index contributed by atoms with van der Waals surface area (Å²) in [7, 11) is 0. The summed E-state index contributed by atoms with van der Waals surface area (Å²) in [6.07, 6.45) is 1.97. The predicted octanol–water partition coefficient (Wildman–Crippen LogP) is 1.97. The number of carbonyl (C=O) groups excluding carboxylic acids is 2. The summed E-state index contributed by atoms with van der Waals surface area (Å²) in [5.74, 6) is -0.0268. The van der Waals surface area contributed by atoms with Crippen LogP contribution in [0.5, 0.6) is 5.75 Å². The third kappa shape index (κ3) is 3.47. The molecule has 2 amide bonds. The molecule has 0 saturated carbocycles. The van der Waals surface area contributed by atoms with Crippen LogP contribution >= 0.6 is 0 Å². The highest BCUT2D eigenvalue weighted by Gasteiger charge is 2.41. The average Bonchev–Trinajstić information content (AvgIpc) is 3.27. The van der Waals surface area contributed by atoms with E-state index in [2.05, 4.69) is 0 Å². The van der Waals surface area contributed by atoms with Crippen LogP contribution in [0, 0.1) is 10.1 Å². The molecule has 1 saturated heterocycles. The molecule has 2 aromatic carbocycles. The molecule has 2 aromatic rings. The zero-order valence-electron chi connectivity index (χ0n) is 16.1. The van der Waals surface area contributed by atoms with E-state index >= 15 is 0 Å². The fourth-order valence-electron chi connectivity index (χ4n) is 4.21. The van der Waals surface area contributed by atoms with Crippen LogP contribution in [-0.2, 0) is 0 Å². The molecule has 0 radical (unpaired) electrons. The summed E-state index contributed by atoms with van der Waals surface area (Å²) in [6.45, 7) is 3.65. The van der Waals surface area contributed by atoms with Gasteiger partial charge in [-0.2, -0.15) is 0 Å². The number of imide groups is 1. The van der Waals surface area contributed by atoms with E-state index < -0.39 is 10.8 Å². The number of ether oxygens (including phenoxy) is 1. The highest BCUT2D eigenvalue weighted by Crippen LogP contribution is 2.27. The number of fused-ring (bicyclic) bond motifs is 1. The van der Waals surface area contributed by atoms with Crippen LogP contribution in [0.2, 0.25) is 0 Å². The van der Waals surface area contributed by atoms with Gasteiger partial charge in [0, 0.05) is 30.5 Å². The summed E-state index contributed by atoms with van der Waals surface area (Å²) < 4.78 is 5.50. The zero-order chi connectivity index (χ0) is 20.5. The number of nitro benzene ring substituents is 1. The standard InChI is InChI=1S/C21H21N3O5/c1-2-29-16-8-5-14(6-9-16)19-4-3-11-22(19)13-23-20(25)17-10-7-15(24(27)28)12-18(17)21(23)26/h5-10,12,19H,2-4,11,13H2,1H3/p+1/t19-/m1/s1. The fourth-order valence-corrected chi connectivity index (χ4v) is 4.21. The monoisotopic (exact) mass is 396 g/mol. The van der Waals surface area contributed by atoms with Gasteiger partial charge in [0.15, 0.2) is 6.67 Å². The van der Waals surface area contributed by atoms with Crippen molar-refractivity contribution in [2.75, 3.05) is 19.8 Å². The summed E-state index contributed by atoms with van der Waals surface area (Å²) in [5, 5.41) is 11.0. The Labute approximate surface area is 167 Å². The molecule has 0 spiro atoms. The van der Waals surface area contributed by atoms with Crippen molar-refractivity contribution in [1.29, 1.82) is 0 Å². The van der Waals surface area contributed by atoms with Crippen molar-refractivity contribution in [3.05, 3.63) is 69.3 Å². The minimum absolute atomic E-state index is 0.111. The Morgan fingerprint density at radius 2 is 1.86 bits per heavy atom. The molecule has 4 rings (SSSR count). The van der Waals surface area contributed by atoms with Crippen molar-refractivity contribution in [2.24, 2.45) is 0 Å². The number of nitrogens with zero attached hydrogens (tertiary/aromatic N) is 2. The molecule has 2 aliphatic rings. The van der Waals surface area contributed by atoms with Gasteiger partial charge in [0.25, 0.3) is 17.5 Å². The molecule has 8 heteroatoms. The second kappa shape index (κ2) is 7.63. The van der Waals surface area contributed by atoms with Crippen LogP contribution in [0.25, 0.3) is 0 Å². The number of quaternary nitrogens is 1. The Bertz CT molecular complexity index is 973. The van der Waals surface area contributed by atoms with E-state index in [4.69, 9.17) is 4.74 Å². The van der Waals surface area contributed by atoms with E-state index in [-0.39, 0.29) is 35.4 Å². The molecule has 8 nitrogen and oxygen atoms in total. The summed E-state index contributed by atoms with van der Waals surface area (Å²) in [4.78, 5) is 38.3. The summed E-state index contributed by atoms with van der Waals surface area (Å²) in [6, 6.07) is 12.0. The van der Waals surface area contributed by atoms with Crippen LogP contribution in [-0.4, -0.2) is 41.5 Å². The number of amides is 2. The molecule has 29 heavy (non-hydrogen) atoms. The molecule has 1 fully saturated rings. The van der Waals surface area contributed by atoms with E-state index in [0.717, 1.165) is 35.6 Å². The zero-order valence-corrected chi connectivity index (χ0v) is 16.1. The van der Waals surface area contributed by atoms with Crippen molar-refractivity contribution < 1.29 is 24.1 Å². The second-order valence-corrected chi connectivity index (χ2v) is 7.29. The lowest BCUT2D eigenvalue weighted by atomic mass is 10.0. The molecule has 0 aliphatic carbocycles. The Balaban J connectivity index is 1.53. The smallest absolute Gasteiger partial charge is 0.270 e. The number of benzene rings is 2. The molecular formula is C21H22N3O5+. The van der Waals surface area contributed by atoms with Gasteiger partial charge in [-0.1, -0.05) is 0 Å². The normalized spacial score (nSPS) is 20.8. The SMILES string of the molecule is CCOc1ccc([C@H]2CCC[NH+]2CN2C(=O)c3ccc([N+](=O)[O-])cc3C2=O)cc1. The van der Waals surface area contributed by atoms with Crippen LogP contribution in [0.1, 0.15) is 52.1 Å². The molecule has 0 aromatic heterocycles. The number of rotatable bonds is 6. The van der Waals surface area contributed by atoms with Gasteiger partial charge in [-0.3, -0.25) is 19.7 Å². The van der Waals surface area contributed by atoms with Gasteiger partial charge >= 0.3 is 0 Å². The largest absolute Gasteiger partial charge is 0.494 e. The first-order valence-electron chi connectivity index (χ1n) is 9.71. The van der Waals surface area contributed by atoms with E-state index in [0.29, 0.717) is 6.61 Å². The maximum absolute atomic E-state index is 12.8. The summed E-state index contributed by atoms with van der Waals surface area (Å²) >= 11 is 0. The number of hydrogen-bond donors (Lipinski definition) is 1. The van der Waals surface area contributed by atoms with Crippen LogP contribution in [0.3, 0.4) is 0 Å². The summed E-state index contributed by atoms with van der Waals surface area (Å²) in [5.41, 5.74) is 1.30. The van der Waals surface area contributed by atoms with E-state index in [9.17, 15) is 19.7 Å². The lowest BCUT2D eigenvalue weighted by molar-refractivity contribution is -0.925. The molecule has 150 valence electrons. The molecule has 2 heterocycles. The Morgan fingerprint density at radius 3 is 2.55 bits per heavy atom. The van der Waals surface area contributed by atoms with Gasteiger partial charge in [0.1, 0.15) is 11.8 Å². The molecule has 0 bridgehead atoms. The average molecular weight is 396 g/mol. The topological polar surface area (TPSA) is 94.2 Å². The number of likely N-dealkylation sites (tertiary alicyclic amines) is 1. The lowest BCUT2D eigenvalue weighted by Crippen LogP contribution is -3.12. The molecule has 1 N–H and O–H groups in total. The number of non-ortho nitro benzene ring substituents is 1. The number of carbonyl (C=O) groups is 2. The van der Waals surface area contributed by atoms with Gasteiger partial charge in [0.05, 0.1) is 29.2 Å². The van der Waals surface area contributed by atoms with Gasteiger partial charge in [-0.25, -0.2) is 4.90 Å². The minimum atomic E-state index is -0.561. The minimum Gasteiger partial charge on any atom is -0.494 e. The van der Waals surface area contributed by atoms with Crippen molar-refractivity contribution in [2.45, 2.75) is 25.8 Å². The maximum atomic E-state index is 12.8.